The van der Waals surface area contributed by atoms with Gasteiger partial charge in [0.1, 0.15) is 0 Å². The van der Waals surface area contributed by atoms with Gasteiger partial charge in [-0.15, -0.1) is 0 Å². The Labute approximate surface area is 109 Å². The molecule has 0 rings (SSSR count). The van der Waals surface area contributed by atoms with Crippen LogP contribution in [0.3, 0.4) is 0 Å². The molecule has 0 heterocycles. The van der Waals surface area contributed by atoms with Crippen LogP contribution >= 0.6 is 0 Å². The summed E-state index contributed by atoms with van der Waals surface area (Å²) in [6, 6.07) is 2.27. The van der Waals surface area contributed by atoms with E-state index in [1.165, 1.54) is 12.8 Å². The molecular formula is C14H28NOSi. The Bertz CT molecular complexity index is 240. The number of nitrogens with zero attached hydrogens (tertiary/aromatic N) is 1. The molecule has 0 aliphatic rings. The molecule has 0 fully saturated rings. The van der Waals surface area contributed by atoms with Crippen molar-refractivity contribution in [3.63, 3.8) is 0 Å². The van der Waals surface area contributed by atoms with Crippen LogP contribution in [0.15, 0.2) is 0 Å². The van der Waals surface area contributed by atoms with Gasteiger partial charge < -0.3 is 4.43 Å². The van der Waals surface area contributed by atoms with Crippen molar-refractivity contribution in [3.05, 3.63) is 0 Å². The fourth-order valence-electron chi connectivity index (χ4n) is 2.30. The zero-order valence-electron chi connectivity index (χ0n) is 12.3. The summed E-state index contributed by atoms with van der Waals surface area (Å²) in [5.41, 5.74) is 0.164. The van der Waals surface area contributed by atoms with Gasteiger partial charge in [0, 0.05) is 6.42 Å². The normalized spacial score (nSPS) is 15.6. The Morgan fingerprint density at radius 3 is 2.18 bits per heavy atom. The first-order valence-corrected chi connectivity index (χ1v) is 9.07. The van der Waals surface area contributed by atoms with Crippen LogP contribution in [0.2, 0.25) is 13.1 Å². The Kier molecular flexibility index (Phi) is 7.74. The summed E-state index contributed by atoms with van der Waals surface area (Å²) in [6.07, 6.45) is 4.25. The molecule has 1 radical (unpaired) electrons. The Morgan fingerprint density at radius 2 is 1.82 bits per heavy atom. The number of nitriles is 1. The smallest absolute Gasteiger partial charge is 0.205 e. The Hall–Kier alpha value is -0.333. The minimum atomic E-state index is -0.686. The van der Waals surface area contributed by atoms with Crippen molar-refractivity contribution in [1.29, 1.82) is 5.26 Å². The molecular weight excluding hydrogens is 226 g/mol. The van der Waals surface area contributed by atoms with Crippen LogP contribution in [-0.4, -0.2) is 15.1 Å². The van der Waals surface area contributed by atoms with Crippen molar-refractivity contribution < 1.29 is 4.43 Å². The zero-order valence-corrected chi connectivity index (χ0v) is 13.3. The maximum absolute atomic E-state index is 8.77. The molecule has 99 valence electrons. The number of hydrogen-bond acceptors (Lipinski definition) is 2. The second-order valence-electron chi connectivity index (χ2n) is 6.06. The van der Waals surface area contributed by atoms with Gasteiger partial charge in [-0.05, 0) is 37.3 Å². The van der Waals surface area contributed by atoms with E-state index in [1.807, 2.05) is 0 Å². The minimum absolute atomic E-state index is 0.164. The first kappa shape index (κ1) is 16.7. The van der Waals surface area contributed by atoms with Crippen molar-refractivity contribution in [2.45, 2.75) is 72.6 Å². The van der Waals surface area contributed by atoms with Crippen molar-refractivity contribution in [2.24, 2.45) is 11.3 Å². The van der Waals surface area contributed by atoms with Crippen molar-refractivity contribution in [1.82, 2.24) is 0 Å². The second kappa shape index (κ2) is 7.89. The summed E-state index contributed by atoms with van der Waals surface area (Å²) in [5, 5.41) is 8.77. The predicted molar refractivity (Wildman–Crippen MR) is 75.1 cm³/mol. The van der Waals surface area contributed by atoms with E-state index in [-0.39, 0.29) is 5.41 Å². The molecule has 2 unspecified atom stereocenters. The van der Waals surface area contributed by atoms with E-state index in [2.05, 4.69) is 46.9 Å². The summed E-state index contributed by atoms with van der Waals surface area (Å²) >= 11 is 0. The lowest BCUT2D eigenvalue weighted by Gasteiger charge is -2.38. The van der Waals surface area contributed by atoms with Gasteiger partial charge in [-0.2, -0.15) is 5.26 Å². The van der Waals surface area contributed by atoms with Gasteiger partial charge >= 0.3 is 0 Å². The van der Waals surface area contributed by atoms with Crippen molar-refractivity contribution >= 4 is 9.04 Å². The lowest BCUT2D eigenvalue weighted by atomic mass is 9.78. The summed E-state index contributed by atoms with van der Waals surface area (Å²) in [6.45, 7) is 13.3. The summed E-state index contributed by atoms with van der Waals surface area (Å²) in [5.74, 6) is 0.527. The molecule has 0 amide bonds. The first-order chi connectivity index (χ1) is 7.82. The summed E-state index contributed by atoms with van der Waals surface area (Å²) < 4.78 is 6.22. The van der Waals surface area contributed by atoms with Gasteiger partial charge in [0.2, 0.25) is 9.04 Å². The van der Waals surface area contributed by atoms with Crippen LogP contribution in [-0.2, 0) is 4.43 Å². The van der Waals surface area contributed by atoms with E-state index in [1.54, 1.807) is 0 Å². The average molecular weight is 254 g/mol. The van der Waals surface area contributed by atoms with Gasteiger partial charge in [0.15, 0.2) is 0 Å². The molecule has 0 N–H and O–H groups in total. The van der Waals surface area contributed by atoms with Gasteiger partial charge in [0.25, 0.3) is 0 Å². The molecule has 0 saturated heterocycles. The summed E-state index contributed by atoms with van der Waals surface area (Å²) in [4.78, 5) is 0. The lowest BCUT2D eigenvalue weighted by Crippen LogP contribution is -2.39. The van der Waals surface area contributed by atoms with Crippen LogP contribution in [0.4, 0.5) is 0 Å². The fraction of sp³-hybridized carbons (Fsp3) is 0.929. The van der Waals surface area contributed by atoms with Crippen LogP contribution in [0, 0.1) is 22.7 Å². The highest BCUT2D eigenvalue weighted by atomic mass is 28.3. The molecule has 0 aliphatic carbocycles. The third-order valence-corrected chi connectivity index (χ3v) is 3.66. The van der Waals surface area contributed by atoms with Crippen LogP contribution in [0.5, 0.6) is 0 Å². The molecule has 2 atom stereocenters. The molecule has 0 aromatic rings. The molecule has 0 spiro atoms. The first-order valence-electron chi connectivity index (χ1n) is 6.66. The topological polar surface area (TPSA) is 33.0 Å². The monoisotopic (exact) mass is 254 g/mol. The summed E-state index contributed by atoms with van der Waals surface area (Å²) in [7, 11) is -0.686. The van der Waals surface area contributed by atoms with E-state index in [4.69, 9.17) is 9.69 Å². The van der Waals surface area contributed by atoms with E-state index < -0.39 is 9.04 Å². The van der Waals surface area contributed by atoms with E-state index in [9.17, 15) is 0 Å². The van der Waals surface area contributed by atoms with Gasteiger partial charge in [0.05, 0.1) is 12.2 Å². The largest absolute Gasteiger partial charge is 0.413 e. The van der Waals surface area contributed by atoms with E-state index in [0.717, 1.165) is 6.42 Å². The highest BCUT2D eigenvalue weighted by Gasteiger charge is 2.32. The average Bonchev–Trinajstić information content (AvgIpc) is 2.19. The fourth-order valence-corrected chi connectivity index (χ4v) is 3.36. The molecule has 17 heavy (non-hydrogen) atoms. The van der Waals surface area contributed by atoms with E-state index >= 15 is 0 Å². The quantitative estimate of drug-likeness (QED) is 0.631. The van der Waals surface area contributed by atoms with E-state index in [0.29, 0.717) is 18.4 Å². The molecule has 2 nitrogen and oxygen atoms in total. The molecule has 0 aliphatic heterocycles. The molecule has 0 aromatic heterocycles. The highest BCUT2D eigenvalue weighted by molar-refractivity contribution is 6.48. The predicted octanol–water partition coefficient (Wildman–Crippen LogP) is 4.39. The minimum Gasteiger partial charge on any atom is -0.413 e. The van der Waals surface area contributed by atoms with Crippen LogP contribution in [0.1, 0.15) is 53.4 Å². The second-order valence-corrected chi connectivity index (χ2v) is 8.11. The van der Waals surface area contributed by atoms with Gasteiger partial charge in [-0.1, -0.05) is 34.1 Å². The zero-order chi connectivity index (χ0) is 13.5. The van der Waals surface area contributed by atoms with Crippen molar-refractivity contribution in [2.75, 3.05) is 0 Å². The van der Waals surface area contributed by atoms with Crippen LogP contribution < -0.4 is 0 Å². The molecule has 0 saturated carbocycles. The number of hydrogen-bond donors (Lipinski definition) is 0. The molecule has 3 heteroatoms. The SMILES string of the molecule is CCCC(CCC#N)C(O[Si](C)C)C(C)(C)C. The maximum Gasteiger partial charge on any atom is 0.205 e. The van der Waals surface area contributed by atoms with Gasteiger partial charge in [-0.25, -0.2) is 0 Å². The Morgan fingerprint density at radius 1 is 1.24 bits per heavy atom. The van der Waals surface area contributed by atoms with Crippen LogP contribution in [0.25, 0.3) is 0 Å². The van der Waals surface area contributed by atoms with Crippen molar-refractivity contribution in [3.8, 4) is 6.07 Å². The third kappa shape index (κ3) is 6.85. The van der Waals surface area contributed by atoms with Gasteiger partial charge in [-0.3, -0.25) is 0 Å². The number of rotatable bonds is 7. The third-order valence-electron chi connectivity index (χ3n) is 2.93. The standard InChI is InChI=1S/C14H28NOSi/c1-7-9-12(10-8-11-15)13(14(2,3)4)16-17(5)6/h12-13H,7-10H2,1-6H3. The molecule has 0 bridgehead atoms. The lowest BCUT2D eigenvalue weighted by molar-refractivity contribution is 0.0259. The Balaban J connectivity index is 4.74. The highest BCUT2D eigenvalue weighted by Crippen LogP contribution is 2.33. The maximum atomic E-state index is 8.77. The molecule has 0 aromatic carbocycles.